The van der Waals surface area contributed by atoms with Crippen LogP contribution in [0.1, 0.15) is 25.0 Å². The van der Waals surface area contributed by atoms with Gasteiger partial charge in [0.2, 0.25) is 0 Å². The number of guanidine groups is 1. The number of carbonyl (C=O) groups is 1. The number of aliphatic imine (C=N–C) groups is 1. The van der Waals surface area contributed by atoms with Gasteiger partial charge in [-0.1, -0.05) is 31.2 Å². The van der Waals surface area contributed by atoms with Crippen molar-refractivity contribution in [1.29, 1.82) is 0 Å². The minimum absolute atomic E-state index is 0. The molecule has 1 N–H and O–H groups in total. The van der Waals surface area contributed by atoms with E-state index in [4.69, 9.17) is 9.73 Å². The van der Waals surface area contributed by atoms with Crippen LogP contribution in [0.4, 0.5) is 0 Å². The minimum Gasteiger partial charge on any atom is -0.469 e. The minimum atomic E-state index is -0.130. The monoisotopic (exact) mass is 445 g/mol. The highest BCUT2D eigenvalue weighted by Crippen LogP contribution is 2.24. The number of hydrogen-bond acceptors (Lipinski definition) is 3. The summed E-state index contributed by atoms with van der Waals surface area (Å²) >= 11 is 0. The Labute approximate surface area is 161 Å². The summed E-state index contributed by atoms with van der Waals surface area (Å²) < 4.78 is 4.91. The summed E-state index contributed by atoms with van der Waals surface area (Å²) in [6.07, 6.45) is 0. The highest BCUT2D eigenvalue weighted by molar-refractivity contribution is 14.0. The maximum absolute atomic E-state index is 11.9. The molecule has 5 nitrogen and oxygen atoms in total. The van der Waals surface area contributed by atoms with Gasteiger partial charge in [0.1, 0.15) is 0 Å². The van der Waals surface area contributed by atoms with Crippen molar-refractivity contribution < 1.29 is 9.53 Å². The Morgan fingerprint density at radius 1 is 1.38 bits per heavy atom. The molecule has 1 aliphatic heterocycles. The zero-order valence-electron chi connectivity index (χ0n) is 14.9. The van der Waals surface area contributed by atoms with E-state index in [1.54, 1.807) is 0 Å². The van der Waals surface area contributed by atoms with E-state index in [1.807, 2.05) is 12.1 Å². The first-order valence-corrected chi connectivity index (χ1v) is 8.22. The Bertz CT molecular complexity index is 577. The van der Waals surface area contributed by atoms with Crippen molar-refractivity contribution in [2.24, 2.45) is 16.8 Å². The number of carbonyl (C=O) groups excluding carboxylic acids is 1. The van der Waals surface area contributed by atoms with E-state index in [-0.39, 0.29) is 41.8 Å². The summed E-state index contributed by atoms with van der Waals surface area (Å²) in [5.41, 5.74) is 2.47. The molecule has 0 amide bonds. The first-order valence-electron chi connectivity index (χ1n) is 8.22. The van der Waals surface area contributed by atoms with Crippen LogP contribution in [0.25, 0.3) is 0 Å². The smallest absolute Gasteiger partial charge is 0.310 e. The van der Waals surface area contributed by atoms with Gasteiger partial charge in [-0.05, 0) is 30.9 Å². The number of hydrogen-bond donors (Lipinski definition) is 1. The standard InChI is InChI=1S/C18H27N3O2.HI/c1-5-19-18(20-10-15-9-7-6-8-13(15)2)21-11-14(3)16(12-21)17(22)23-4;/h6-9,14,16H,5,10-12H2,1-4H3,(H,19,20);1H. The molecule has 6 heteroatoms. The van der Waals surface area contributed by atoms with Crippen LogP contribution in [0.5, 0.6) is 0 Å². The number of methoxy groups -OCH3 is 1. The molecule has 0 saturated carbocycles. The quantitative estimate of drug-likeness (QED) is 0.335. The Balaban J connectivity index is 0.00000288. The third-order valence-corrected chi connectivity index (χ3v) is 4.41. The van der Waals surface area contributed by atoms with Crippen molar-refractivity contribution in [3.8, 4) is 0 Å². The fourth-order valence-corrected chi connectivity index (χ4v) is 2.97. The number of ether oxygens (including phenoxy) is 1. The predicted molar refractivity (Wildman–Crippen MR) is 108 cm³/mol. The van der Waals surface area contributed by atoms with Crippen LogP contribution in [-0.4, -0.2) is 43.6 Å². The third kappa shape index (κ3) is 5.09. The van der Waals surface area contributed by atoms with Crippen LogP contribution in [0, 0.1) is 18.8 Å². The average Bonchev–Trinajstić information content (AvgIpc) is 2.93. The topological polar surface area (TPSA) is 53.9 Å². The van der Waals surface area contributed by atoms with Crippen molar-refractivity contribution in [2.75, 3.05) is 26.7 Å². The van der Waals surface area contributed by atoms with E-state index in [1.165, 1.54) is 18.2 Å². The summed E-state index contributed by atoms with van der Waals surface area (Å²) in [4.78, 5) is 18.8. The molecule has 1 aromatic carbocycles. The Morgan fingerprint density at radius 3 is 2.71 bits per heavy atom. The molecule has 1 aromatic rings. The largest absolute Gasteiger partial charge is 0.469 e. The number of nitrogens with one attached hydrogen (secondary N) is 1. The lowest BCUT2D eigenvalue weighted by atomic mass is 9.99. The van der Waals surface area contributed by atoms with E-state index in [2.05, 4.69) is 43.1 Å². The van der Waals surface area contributed by atoms with Gasteiger partial charge >= 0.3 is 5.97 Å². The van der Waals surface area contributed by atoms with Crippen molar-refractivity contribution in [1.82, 2.24) is 10.2 Å². The second-order valence-electron chi connectivity index (χ2n) is 6.11. The fraction of sp³-hybridized carbons (Fsp3) is 0.556. The Hall–Kier alpha value is -1.31. The van der Waals surface area contributed by atoms with Crippen LogP contribution < -0.4 is 5.32 Å². The van der Waals surface area contributed by atoms with Crippen molar-refractivity contribution in [2.45, 2.75) is 27.3 Å². The number of aryl methyl sites for hydroxylation is 1. The molecule has 1 aliphatic rings. The molecule has 1 heterocycles. The molecule has 134 valence electrons. The van der Waals surface area contributed by atoms with E-state index in [0.29, 0.717) is 13.1 Å². The third-order valence-electron chi connectivity index (χ3n) is 4.41. The number of nitrogens with zero attached hydrogens (tertiary/aromatic N) is 2. The van der Waals surface area contributed by atoms with Crippen LogP contribution in [-0.2, 0) is 16.1 Å². The molecule has 0 spiro atoms. The predicted octanol–water partition coefficient (Wildman–Crippen LogP) is 2.82. The summed E-state index contributed by atoms with van der Waals surface area (Å²) in [7, 11) is 1.45. The molecule has 1 saturated heterocycles. The molecular weight excluding hydrogens is 417 g/mol. The van der Waals surface area contributed by atoms with Gasteiger partial charge in [-0.3, -0.25) is 4.79 Å². The summed E-state index contributed by atoms with van der Waals surface area (Å²) in [6.45, 7) is 9.17. The number of likely N-dealkylation sites (tertiary alicyclic amines) is 1. The second kappa shape index (κ2) is 9.86. The van der Waals surface area contributed by atoms with Crippen LogP contribution in [0.3, 0.4) is 0 Å². The lowest BCUT2D eigenvalue weighted by Crippen LogP contribution is -2.40. The molecule has 2 rings (SSSR count). The second-order valence-corrected chi connectivity index (χ2v) is 6.11. The van der Waals surface area contributed by atoms with Crippen LogP contribution >= 0.6 is 24.0 Å². The summed E-state index contributed by atoms with van der Waals surface area (Å²) in [6, 6.07) is 8.28. The Morgan fingerprint density at radius 2 is 2.08 bits per heavy atom. The van der Waals surface area contributed by atoms with E-state index >= 15 is 0 Å². The molecule has 0 bridgehead atoms. The summed E-state index contributed by atoms with van der Waals surface area (Å²) in [5.74, 6) is 0.927. The van der Waals surface area contributed by atoms with E-state index in [9.17, 15) is 4.79 Å². The Kier molecular flexibility index (Phi) is 8.52. The molecule has 0 aromatic heterocycles. The molecule has 24 heavy (non-hydrogen) atoms. The van der Waals surface area contributed by atoms with Gasteiger partial charge in [-0.2, -0.15) is 0 Å². The van der Waals surface area contributed by atoms with Crippen molar-refractivity contribution in [3.63, 3.8) is 0 Å². The lowest BCUT2D eigenvalue weighted by Gasteiger charge is -2.21. The summed E-state index contributed by atoms with van der Waals surface area (Å²) in [5, 5.41) is 3.34. The zero-order valence-corrected chi connectivity index (χ0v) is 17.2. The van der Waals surface area contributed by atoms with Crippen LogP contribution in [0.2, 0.25) is 0 Å². The van der Waals surface area contributed by atoms with Crippen LogP contribution in [0.15, 0.2) is 29.3 Å². The number of halogens is 1. The van der Waals surface area contributed by atoms with Gasteiger partial charge in [0, 0.05) is 19.6 Å². The molecule has 2 atom stereocenters. The number of esters is 1. The van der Waals surface area contributed by atoms with Gasteiger partial charge in [-0.25, -0.2) is 4.99 Å². The van der Waals surface area contributed by atoms with Crippen molar-refractivity contribution >= 4 is 35.9 Å². The maximum Gasteiger partial charge on any atom is 0.310 e. The van der Waals surface area contributed by atoms with Gasteiger partial charge in [0.05, 0.1) is 19.6 Å². The SMILES string of the molecule is CCNC(=NCc1ccccc1C)N1CC(C)C(C(=O)OC)C1.I. The first-order chi connectivity index (χ1) is 11.1. The highest BCUT2D eigenvalue weighted by atomic mass is 127. The molecule has 0 radical (unpaired) electrons. The van der Waals surface area contributed by atoms with E-state index in [0.717, 1.165) is 19.0 Å². The first kappa shape index (κ1) is 20.7. The highest BCUT2D eigenvalue weighted by Gasteiger charge is 2.36. The molecule has 1 fully saturated rings. The van der Waals surface area contributed by atoms with E-state index < -0.39 is 0 Å². The van der Waals surface area contributed by atoms with Gasteiger partial charge in [0.25, 0.3) is 0 Å². The lowest BCUT2D eigenvalue weighted by molar-refractivity contribution is -0.145. The van der Waals surface area contributed by atoms with Gasteiger partial charge in [0.15, 0.2) is 5.96 Å². The molecule has 2 unspecified atom stereocenters. The zero-order chi connectivity index (χ0) is 16.8. The molecular formula is C18H28IN3O2. The number of rotatable bonds is 4. The maximum atomic E-state index is 11.9. The van der Waals surface area contributed by atoms with Gasteiger partial charge < -0.3 is 15.0 Å². The number of benzene rings is 1. The fourth-order valence-electron chi connectivity index (χ4n) is 2.97. The average molecular weight is 445 g/mol. The molecule has 0 aliphatic carbocycles. The van der Waals surface area contributed by atoms with Gasteiger partial charge in [-0.15, -0.1) is 24.0 Å². The van der Waals surface area contributed by atoms with Crippen molar-refractivity contribution in [3.05, 3.63) is 35.4 Å². The normalized spacial score (nSPS) is 20.5.